The summed E-state index contributed by atoms with van der Waals surface area (Å²) in [4.78, 5) is 28.3. The number of nitrogens with zero attached hydrogens (tertiary/aromatic N) is 1. The van der Waals surface area contributed by atoms with E-state index in [0.717, 1.165) is 6.26 Å². The zero-order valence-corrected chi connectivity index (χ0v) is 16.6. The van der Waals surface area contributed by atoms with Crippen LogP contribution in [0.4, 0.5) is 15.6 Å². The van der Waals surface area contributed by atoms with E-state index >= 15 is 0 Å². The van der Waals surface area contributed by atoms with Gasteiger partial charge in [-0.3, -0.25) is 4.79 Å². The number of urea groups is 1. The summed E-state index contributed by atoms with van der Waals surface area (Å²) >= 11 is 1.19. The van der Waals surface area contributed by atoms with Gasteiger partial charge in [0.1, 0.15) is 0 Å². The van der Waals surface area contributed by atoms with Gasteiger partial charge in [0.05, 0.1) is 15.1 Å². The molecule has 0 atom stereocenters. The van der Waals surface area contributed by atoms with Crippen LogP contribution in [-0.2, 0) is 14.6 Å². The monoisotopic (exact) mass is 418 g/mol. The predicted octanol–water partition coefficient (Wildman–Crippen LogP) is 2.85. The normalized spacial score (nSPS) is 11.2. The van der Waals surface area contributed by atoms with Crippen LogP contribution in [-0.4, -0.2) is 38.1 Å². The Morgan fingerprint density at radius 1 is 1.07 bits per heavy atom. The number of benzene rings is 2. The number of amides is 3. The number of hydrogen-bond acceptors (Lipinski definition) is 6. The van der Waals surface area contributed by atoms with Crippen LogP contribution >= 0.6 is 11.3 Å². The van der Waals surface area contributed by atoms with Crippen molar-refractivity contribution < 1.29 is 18.0 Å². The van der Waals surface area contributed by atoms with Crippen molar-refractivity contribution in [1.29, 1.82) is 0 Å². The molecule has 8 nitrogen and oxygen atoms in total. The largest absolute Gasteiger partial charge is 0.337 e. The van der Waals surface area contributed by atoms with E-state index in [1.54, 1.807) is 30.3 Å². The molecule has 1 aromatic heterocycles. The lowest BCUT2D eigenvalue weighted by Gasteiger charge is -2.07. The molecule has 0 aliphatic carbocycles. The van der Waals surface area contributed by atoms with Crippen LogP contribution in [0.25, 0.3) is 10.2 Å². The van der Waals surface area contributed by atoms with Crippen LogP contribution in [0.5, 0.6) is 0 Å². The first-order valence-corrected chi connectivity index (χ1v) is 11.0. The van der Waals surface area contributed by atoms with Gasteiger partial charge in [-0.2, -0.15) is 0 Å². The van der Waals surface area contributed by atoms with Crippen LogP contribution in [0.3, 0.4) is 0 Å². The fraction of sp³-hybridized carbons (Fsp3) is 0.167. The molecule has 10 heteroatoms. The number of carbonyl (C=O) groups excluding carboxylic acids is 2. The summed E-state index contributed by atoms with van der Waals surface area (Å²) < 4.78 is 23.9. The minimum Gasteiger partial charge on any atom is -0.337 e. The maximum Gasteiger partial charge on any atom is 0.319 e. The van der Waals surface area contributed by atoms with Crippen molar-refractivity contribution in [3.8, 4) is 0 Å². The first kappa shape index (κ1) is 19.8. The van der Waals surface area contributed by atoms with E-state index in [9.17, 15) is 18.0 Å². The van der Waals surface area contributed by atoms with Gasteiger partial charge in [0.15, 0.2) is 15.0 Å². The molecule has 0 saturated carbocycles. The number of carbonyl (C=O) groups is 2. The molecule has 2 aromatic carbocycles. The number of anilines is 2. The zero-order chi connectivity index (χ0) is 20.1. The molecule has 0 bridgehead atoms. The van der Waals surface area contributed by atoms with Gasteiger partial charge in [-0.25, -0.2) is 18.2 Å². The summed E-state index contributed by atoms with van der Waals surface area (Å²) in [5.41, 5.74) is 1.26. The molecule has 0 radical (unpaired) electrons. The quantitative estimate of drug-likeness (QED) is 0.569. The fourth-order valence-electron chi connectivity index (χ4n) is 2.36. The molecule has 0 spiro atoms. The van der Waals surface area contributed by atoms with Crippen molar-refractivity contribution in [3.63, 3.8) is 0 Å². The van der Waals surface area contributed by atoms with Crippen molar-refractivity contribution in [3.05, 3.63) is 48.5 Å². The third kappa shape index (κ3) is 5.27. The highest BCUT2D eigenvalue weighted by molar-refractivity contribution is 7.90. The molecule has 3 rings (SSSR count). The van der Waals surface area contributed by atoms with Gasteiger partial charge in [0.2, 0.25) is 5.91 Å². The smallest absolute Gasteiger partial charge is 0.319 e. The summed E-state index contributed by atoms with van der Waals surface area (Å²) in [5.74, 6) is -0.303. The first-order chi connectivity index (χ1) is 13.3. The maximum atomic E-state index is 12.0. The SMILES string of the molecule is CS(=O)(=O)c1ccc2nc(NC(=O)CCNC(=O)Nc3ccccc3)sc2c1. The first-order valence-electron chi connectivity index (χ1n) is 8.32. The molecule has 28 heavy (non-hydrogen) atoms. The molecule has 1 heterocycles. The van der Waals surface area contributed by atoms with E-state index in [1.165, 1.54) is 23.5 Å². The highest BCUT2D eigenvalue weighted by Gasteiger charge is 2.12. The Bertz CT molecular complexity index is 1110. The lowest BCUT2D eigenvalue weighted by molar-refractivity contribution is -0.116. The van der Waals surface area contributed by atoms with Crippen molar-refractivity contribution in [2.75, 3.05) is 23.4 Å². The molecule has 3 aromatic rings. The maximum absolute atomic E-state index is 12.0. The molecule has 0 fully saturated rings. The number of rotatable bonds is 6. The Morgan fingerprint density at radius 2 is 1.82 bits per heavy atom. The molecule has 146 valence electrons. The number of thiazole rings is 1. The van der Waals surface area contributed by atoms with E-state index in [4.69, 9.17) is 0 Å². The van der Waals surface area contributed by atoms with E-state index < -0.39 is 15.9 Å². The second-order valence-electron chi connectivity index (χ2n) is 5.97. The molecule has 3 amide bonds. The Kier molecular flexibility index (Phi) is 5.90. The summed E-state index contributed by atoms with van der Waals surface area (Å²) in [6.07, 6.45) is 1.21. The molecule has 0 unspecified atom stereocenters. The number of para-hydroxylation sites is 1. The van der Waals surface area contributed by atoms with Crippen molar-refractivity contribution in [1.82, 2.24) is 10.3 Å². The number of nitrogens with one attached hydrogen (secondary N) is 3. The van der Waals surface area contributed by atoms with Gasteiger partial charge in [0, 0.05) is 24.9 Å². The minimum atomic E-state index is -3.31. The number of fused-ring (bicyclic) bond motifs is 1. The minimum absolute atomic E-state index is 0.0761. The fourth-order valence-corrected chi connectivity index (χ4v) is 4.00. The standard InChI is InChI=1S/C18H18N4O4S2/c1-28(25,26)13-7-8-14-15(11-13)27-18(21-14)22-16(23)9-10-19-17(24)20-12-5-3-2-4-6-12/h2-8,11H,9-10H2,1H3,(H2,19,20,24)(H,21,22,23). The van der Waals surface area contributed by atoms with E-state index in [1.807, 2.05) is 6.07 Å². The lowest BCUT2D eigenvalue weighted by Crippen LogP contribution is -2.31. The number of sulfone groups is 1. The Labute approximate surface area is 165 Å². The van der Waals surface area contributed by atoms with E-state index in [0.29, 0.717) is 21.0 Å². The molecule has 3 N–H and O–H groups in total. The van der Waals surface area contributed by atoms with Crippen molar-refractivity contribution in [2.45, 2.75) is 11.3 Å². The second-order valence-corrected chi connectivity index (χ2v) is 9.01. The van der Waals surface area contributed by atoms with Gasteiger partial charge >= 0.3 is 6.03 Å². The third-order valence-corrected chi connectivity index (χ3v) is 5.75. The Balaban J connectivity index is 1.51. The van der Waals surface area contributed by atoms with Gasteiger partial charge in [-0.15, -0.1) is 0 Å². The highest BCUT2D eigenvalue weighted by Crippen LogP contribution is 2.28. The summed E-state index contributed by atoms with van der Waals surface area (Å²) in [6, 6.07) is 13.2. The summed E-state index contributed by atoms with van der Waals surface area (Å²) in [6.45, 7) is 0.160. The summed E-state index contributed by atoms with van der Waals surface area (Å²) in [7, 11) is -3.31. The number of hydrogen-bond donors (Lipinski definition) is 3. The van der Waals surface area contributed by atoms with Gasteiger partial charge in [0.25, 0.3) is 0 Å². The van der Waals surface area contributed by atoms with Gasteiger partial charge < -0.3 is 16.0 Å². The van der Waals surface area contributed by atoms with E-state index in [2.05, 4.69) is 20.9 Å². The van der Waals surface area contributed by atoms with Crippen LogP contribution in [0.1, 0.15) is 6.42 Å². The van der Waals surface area contributed by atoms with E-state index in [-0.39, 0.29) is 23.8 Å². The van der Waals surface area contributed by atoms with Crippen LogP contribution in [0, 0.1) is 0 Å². The zero-order valence-electron chi connectivity index (χ0n) is 14.9. The average molecular weight is 419 g/mol. The topological polar surface area (TPSA) is 117 Å². The lowest BCUT2D eigenvalue weighted by atomic mass is 10.3. The van der Waals surface area contributed by atoms with Gasteiger partial charge in [-0.05, 0) is 30.3 Å². The second kappa shape index (κ2) is 8.36. The third-order valence-electron chi connectivity index (χ3n) is 3.70. The molecular weight excluding hydrogens is 400 g/mol. The Morgan fingerprint density at radius 3 is 2.54 bits per heavy atom. The highest BCUT2D eigenvalue weighted by atomic mass is 32.2. The molecular formula is C18H18N4O4S2. The van der Waals surface area contributed by atoms with Gasteiger partial charge in [-0.1, -0.05) is 29.5 Å². The molecule has 0 aliphatic rings. The molecule has 0 saturated heterocycles. The molecule has 0 aliphatic heterocycles. The van der Waals surface area contributed by atoms with Crippen molar-refractivity contribution >= 4 is 54.1 Å². The van der Waals surface area contributed by atoms with Crippen LogP contribution < -0.4 is 16.0 Å². The predicted molar refractivity (Wildman–Crippen MR) is 109 cm³/mol. The van der Waals surface area contributed by atoms with Crippen LogP contribution in [0.2, 0.25) is 0 Å². The van der Waals surface area contributed by atoms with Crippen molar-refractivity contribution in [2.24, 2.45) is 0 Å². The Hall–Kier alpha value is -2.98. The summed E-state index contributed by atoms with van der Waals surface area (Å²) in [5, 5.41) is 8.30. The number of aromatic nitrogens is 1. The van der Waals surface area contributed by atoms with Crippen LogP contribution in [0.15, 0.2) is 53.4 Å². The average Bonchev–Trinajstić information content (AvgIpc) is 3.03.